The lowest BCUT2D eigenvalue weighted by Gasteiger charge is -2.00. The van der Waals surface area contributed by atoms with Crippen LogP contribution < -0.4 is 0 Å². The zero-order valence-corrected chi connectivity index (χ0v) is 8.30. The average Bonchev–Trinajstić information content (AvgIpc) is 2.16. The van der Waals surface area contributed by atoms with E-state index in [1.165, 1.54) is 0 Å². The van der Waals surface area contributed by atoms with E-state index in [0.717, 1.165) is 24.6 Å². The molecule has 0 aromatic heterocycles. The van der Waals surface area contributed by atoms with Crippen molar-refractivity contribution in [1.82, 2.24) is 0 Å². The van der Waals surface area contributed by atoms with E-state index in [2.05, 4.69) is 6.58 Å². The Hall–Kier alpha value is -1.51. The molecule has 0 radical (unpaired) electrons. The third-order valence-corrected chi connectivity index (χ3v) is 2.00. The molecule has 0 aliphatic rings. The lowest BCUT2D eigenvalue weighted by molar-refractivity contribution is 0.0979. The Bertz CT molecular complexity index is 352. The first-order valence-corrected chi connectivity index (χ1v) is 4.73. The molecule has 1 aromatic rings. The Kier molecular flexibility index (Phi) is 4.16. The third kappa shape index (κ3) is 3.62. The van der Waals surface area contributed by atoms with Crippen molar-refractivity contribution in [3.8, 4) is 0 Å². The molecule has 0 saturated carbocycles. The minimum Gasteiger partial charge on any atom is -0.294 e. The van der Waals surface area contributed by atoms with Crippen LogP contribution in [-0.4, -0.2) is 5.78 Å². The van der Waals surface area contributed by atoms with Gasteiger partial charge in [0.05, 0.1) is 0 Å². The summed E-state index contributed by atoms with van der Waals surface area (Å²) in [5.74, 6) is -1.68. The summed E-state index contributed by atoms with van der Waals surface area (Å²) in [7, 11) is 0. The number of halogens is 2. The molecule has 80 valence electrons. The first kappa shape index (κ1) is 11.6. The lowest BCUT2D eigenvalue weighted by atomic mass is 10.1. The largest absolute Gasteiger partial charge is 0.294 e. The standard InChI is InChI=1S/C12H12F2O/c1-2-3-4-5-12(15)9-6-10(13)8-11(14)7-9/h2,6-8H,1,3-5H2. The van der Waals surface area contributed by atoms with Gasteiger partial charge in [-0.1, -0.05) is 6.08 Å². The van der Waals surface area contributed by atoms with Gasteiger partial charge < -0.3 is 0 Å². The van der Waals surface area contributed by atoms with Gasteiger partial charge in [0.15, 0.2) is 5.78 Å². The van der Waals surface area contributed by atoms with Gasteiger partial charge in [-0.3, -0.25) is 4.79 Å². The van der Waals surface area contributed by atoms with Crippen LogP contribution in [-0.2, 0) is 0 Å². The summed E-state index contributed by atoms with van der Waals surface area (Å²) in [6.07, 6.45) is 3.37. The fraction of sp³-hybridized carbons (Fsp3) is 0.250. The van der Waals surface area contributed by atoms with Gasteiger partial charge >= 0.3 is 0 Å². The van der Waals surface area contributed by atoms with E-state index in [1.807, 2.05) is 0 Å². The maximum absolute atomic E-state index is 12.8. The normalized spacial score (nSPS) is 10.0. The Balaban J connectivity index is 2.69. The van der Waals surface area contributed by atoms with Gasteiger partial charge in [0.25, 0.3) is 0 Å². The number of hydrogen-bond acceptors (Lipinski definition) is 1. The molecule has 0 spiro atoms. The molecule has 1 rings (SSSR count). The molecule has 1 nitrogen and oxygen atoms in total. The fourth-order valence-corrected chi connectivity index (χ4v) is 1.27. The molecule has 0 aliphatic carbocycles. The molecule has 1 aromatic carbocycles. The molecular formula is C12H12F2O. The van der Waals surface area contributed by atoms with Crippen molar-refractivity contribution in [3.63, 3.8) is 0 Å². The van der Waals surface area contributed by atoms with Crippen molar-refractivity contribution >= 4 is 5.78 Å². The summed E-state index contributed by atoms with van der Waals surface area (Å²) < 4.78 is 25.5. The van der Waals surface area contributed by atoms with Gasteiger partial charge in [-0.25, -0.2) is 8.78 Å². The smallest absolute Gasteiger partial charge is 0.163 e. The third-order valence-electron chi connectivity index (χ3n) is 2.00. The van der Waals surface area contributed by atoms with Crippen LogP contribution in [0, 0.1) is 11.6 Å². The van der Waals surface area contributed by atoms with Crippen molar-refractivity contribution in [2.24, 2.45) is 0 Å². The molecule has 0 bridgehead atoms. The molecule has 0 aliphatic heterocycles. The highest BCUT2D eigenvalue weighted by molar-refractivity contribution is 5.96. The van der Waals surface area contributed by atoms with E-state index < -0.39 is 11.6 Å². The molecule has 0 unspecified atom stereocenters. The highest BCUT2D eigenvalue weighted by Crippen LogP contribution is 2.11. The Morgan fingerprint density at radius 1 is 1.27 bits per heavy atom. The van der Waals surface area contributed by atoms with E-state index in [-0.39, 0.29) is 17.8 Å². The summed E-state index contributed by atoms with van der Waals surface area (Å²) in [5.41, 5.74) is 0.0940. The molecule has 15 heavy (non-hydrogen) atoms. The number of carbonyl (C=O) groups is 1. The SMILES string of the molecule is C=CCCCC(=O)c1cc(F)cc(F)c1. The van der Waals surface area contributed by atoms with Crippen LogP contribution in [0.25, 0.3) is 0 Å². The van der Waals surface area contributed by atoms with E-state index in [9.17, 15) is 13.6 Å². The number of hydrogen-bond donors (Lipinski definition) is 0. The van der Waals surface area contributed by atoms with Crippen LogP contribution in [0.1, 0.15) is 29.6 Å². The summed E-state index contributed by atoms with van der Waals surface area (Å²) in [6.45, 7) is 3.53. The van der Waals surface area contributed by atoms with E-state index in [0.29, 0.717) is 6.42 Å². The topological polar surface area (TPSA) is 17.1 Å². The number of carbonyl (C=O) groups excluding carboxylic acids is 1. The number of benzene rings is 1. The number of rotatable bonds is 5. The minimum absolute atomic E-state index is 0.0940. The number of allylic oxidation sites excluding steroid dienone is 1. The van der Waals surface area contributed by atoms with Crippen molar-refractivity contribution < 1.29 is 13.6 Å². The van der Waals surface area contributed by atoms with Crippen LogP contribution in [0.4, 0.5) is 8.78 Å². The summed E-state index contributed by atoms with van der Waals surface area (Å²) in [4.78, 5) is 11.5. The predicted molar refractivity (Wildman–Crippen MR) is 54.7 cm³/mol. The van der Waals surface area contributed by atoms with Crippen molar-refractivity contribution in [2.75, 3.05) is 0 Å². The van der Waals surface area contributed by atoms with Crippen LogP contribution in [0.5, 0.6) is 0 Å². The van der Waals surface area contributed by atoms with Crippen LogP contribution in [0.2, 0.25) is 0 Å². The first-order chi connectivity index (χ1) is 7.13. The highest BCUT2D eigenvalue weighted by Gasteiger charge is 2.08. The van der Waals surface area contributed by atoms with Gasteiger partial charge in [0.2, 0.25) is 0 Å². The number of unbranched alkanes of at least 4 members (excludes halogenated alkanes) is 1. The molecular weight excluding hydrogens is 198 g/mol. The summed E-state index contributed by atoms with van der Waals surface area (Å²) >= 11 is 0. The van der Waals surface area contributed by atoms with Gasteiger partial charge in [-0.15, -0.1) is 6.58 Å². The second-order valence-electron chi connectivity index (χ2n) is 3.26. The Labute approximate surface area is 87.4 Å². The van der Waals surface area contributed by atoms with Crippen molar-refractivity contribution in [2.45, 2.75) is 19.3 Å². The van der Waals surface area contributed by atoms with E-state index in [4.69, 9.17) is 0 Å². The monoisotopic (exact) mass is 210 g/mol. The van der Waals surface area contributed by atoms with Gasteiger partial charge in [0, 0.05) is 18.1 Å². The highest BCUT2D eigenvalue weighted by atomic mass is 19.1. The minimum atomic E-state index is -0.720. The lowest BCUT2D eigenvalue weighted by Crippen LogP contribution is -2.00. The fourth-order valence-electron chi connectivity index (χ4n) is 1.27. The number of ketones is 1. The maximum atomic E-state index is 12.8. The van der Waals surface area contributed by atoms with Gasteiger partial charge in [-0.2, -0.15) is 0 Å². The zero-order valence-electron chi connectivity index (χ0n) is 8.30. The van der Waals surface area contributed by atoms with E-state index >= 15 is 0 Å². The van der Waals surface area contributed by atoms with Crippen LogP contribution in [0.3, 0.4) is 0 Å². The van der Waals surface area contributed by atoms with Crippen molar-refractivity contribution in [1.29, 1.82) is 0 Å². The zero-order chi connectivity index (χ0) is 11.3. The molecule has 0 fully saturated rings. The summed E-state index contributed by atoms with van der Waals surface area (Å²) in [5, 5.41) is 0. The van der Waals surface area contributed by atoms with Crippen LogP contribution >= 0.6 is 0 Å². The Morgan fingerprint density at radius 2 is 1.87 bits per heavy atom. The summed E-state index contributed by atoms with van der Waals surface area (Å²) in [6, 6.07) is 2.86. The van der Waals surface area contributed by atoms with Crippen molar-refractivity contribution in [3.05, 3.63) is 48.1 Å². The second kappa shape index (κ2) is 5.39. The number of Topliss-reactive ketones (excluding diaryl/α,β-unsaturated/α-hetero) is 1. The molecule has 0 N–H and O–H groups in total. The molecule has 0 atom stereocenters. The molecule has 0 saturated heterocycles. The van der Waals surface area contributed by atoms with Gasteiger partial charge in [0.1, 0.15) is 11.6 Å². The molecule has 0 heterocycles. The maximum Gasteiger partial charge on any atom is 0.163 e. The average molecular weight is 210 g/mol. The molecule has 3 heteroatoms. The Morgan fingerprint density at radius 3 is 2.40 bits per heavy atom. The van der Waals surface area contributed by atoms with E-state index in [1.54, 1.807) is 6.08 Å². The molecule has 0 amide bonds. The quantitative estimate of drug-likeness (QED) is 0.413. The van der Waals surface area contributed by atoms with Gasteiger partial charge in [-0.05, 0) is 25.0 Å². The first-order valence-electron chi connectivity index (χ1n) is 4.73. The van der Waals surface area contributed by atoms with Crippen LogP contribution in [0.15, 0.2) is 30.9 Å². The predicted octanol–water partition coefficient (Wildman–Crippen LogP) is 3.50. The second-order valence-corrected chi connectivity index (χ2v) is 3.26.